The van der Waals surface area contributed by atoms with Crippen LogP contribution in [0.5, 0.6) is 11.5 Å². The van der Waals surface area contributed by atoms with Gasteiger partial charge in [0.2, 0.25) is 0 Å². The molecule has 0 amide bonds. The van der Waals surface area contributed by atoms with Gasteiger partial charge in [0, 0.05) is 10.0 Å². The van der Waals surface area contributed by atoms with Crippen molar-refractivity contribution in [1.29, 1.82) is 0 Å². The Hall–Kier alpha value is -0.850. The fraction of sp³-hybridized carbons (Fsp3) is 0.400. The molecule has 0 bridgehead atoms. The Kier molecular flexibility index (Phi) is 4.52. The molecule has 0 saturated carbocycles. The fourth-order valence-electron chi connectivity index (χ4n) is 1.42. The second-order valence-corrected chi connectivity index (χ2v) is 3.96. The summed E-state index contributed by atoms with van der Waals surface area (Å²) in [5, 5.41) is 9.03. The summed E-state index contributed by atoms with van der Waals surface area (Å²) in [7, 11) is 2.72. The third kappa shape index (κ3) is 2.28. The van der Waals surface area contributed by atoms with Gasteiger partial charge in [0.05, 0.1) is 26.9 Å². The van der Waals surface area contributed by atoms with Gasteiger partial charge < -0.3 is 20.3 Å². The minimum atomic E-state index is -0.668. The molecule has 0 fully saturated rings. The van der Waals surface area contributed by atoms with Crippen LogP contribution in [-0.2, 0) is 0 Å². The minimum absolute atomic E-state index is 0.0235. The third-order valence-electron chi connectivity index (χ3n) is 2.15. The molecule has 16 heavy (non-hydrogen) atoms. The van der Waals surface area contributed by atoms with Crippen LogP contribution in [0.3, 0.4) is 0 Å². The second kappa shape index (κ2) is 5.47. The van der Waals surface area contributed by atoms with E-state index in [2.05, 4.69) is 15.9 Å². The second-order valence-electron chi connectivity index (χ2n) is 3.11. The normalized spacial score (nSPS) is 12.4. The van der Waals surface area contributed by atoms with Crippen LogP contribution in [0.15, 0.2) is 10.5 Å². The van der Waals surface area contributed by atoms with Gasteiger partial charge in [-0.2, -0.15) is 0 Å². The minimum Gasteiger partial charge on any atom is -0.492 e. The highest BCUT2D eigenvalue weighted by Gasteiger charge is 2.22. The molecule has 0 heterocycles. The van der Waals surface area contributed by atoms with Crippen molar-refractivity contribution in [3.8, 4) is 11.5 Å². The van der Waals surface area contributed by atoms with Crippen LogP contribution in [0, 0.1) is 5.82 Å². The number of halogens is 2. The van der Waals surface area contributed by atoms with Crippen molar-refractivity contribution in [1.82, 2.24) is 0 Å². The van der Waals surface area contributed by atoms with Crippen molar-refractivity contribution < 1.29 is 19.0 Å². The highest BCUT2D eigenvalue weighted by molar-refractivity contribution is 9.10. The summed E-state index contributed by atoms with van der Waals surface area (Å²) < 4.78 is 23.9. The lowest BCUT2D eigenvalue weighted by Gasteiger charge is -2.18. The molecule has 1 aromatic rings. The number of ether oxygens (including phenoxy) is 2. The van der Waals surface area contributed by atoms with E-state index in [1.165, 1.54) is 20.3 Å². The van der Waals surface area contributed by atoms with E-state index < -0.39 is 11.9 Å². The molecule has 0 saturated heterocycles. The Bertz CT molecular complexity index is 387. The summed E-state index contributed by atoms with van der Waals surface area (Å²) in [5.74, 6) is -0.388. The van der Waals surface area contributed by atoms with Crippen LogP contribution in [0.1, 0.15) is 11.6 Å². The summed E-state index contributed by atoms with van der Waals surface area (Å²) in [6.45, 7) is -0.274. The van der Waals surface area contributed by atoms with Crippen molar-refractivity contribution in [2.75, 3.05) is 20.8 Å². The Morgan fingerprint density at radius 2 is 2.00 bits per heavy atom. The highest BCUT2D eigenvalue weighted by Crippen LogP contribution is 2.41. The van der Waals surface area contributed by atoms with E-state index in [1.807, 2.05) is 0 Å². The van der Waals surface area contributed by atoms with Gasteiger partial charge in [0.1, 0.15) is 0 Å². The van der Waals surface area contributed by atoms with Crippen LogP contribution in [-0.4, -0.2) is 25.9 Å². The van der Waals surface area contributed by atoms with Gasteiger partial charge in [-0.3, -0.25) is 0 Å². The predicted octanol–water partition coefficient (Wildman–Crippen LogP) is 1.60. The average Bonchev–Trinajstić information content (AvgIpc) is 2.27. The molecule has 6 heteroatoms. The molecule has 90 valence electrons. The largest absolute Gasteiger partial charge is 0.492 e. The van der Waals surface area contributed by atoms with Crippen LogP contribution >= 0.6 is 15.9 Å². The number of rotatable bonds is 4. The molecule has 1 unspecified atom stereocenters. The monoisotopic (exact) mass is 293 g/mol. The number of methoxy groups -OCH3 is 2. The van der Waals surface area contributed by atoms with Gasteiger partial charge in [-0.25, -0.2) is 4.39 Å². The van der Waals surface area contributed by atoms with E-state index in [0.29, 0.717) is 10.0 Å². The lowest BCUT2D eigenvalue weighted by molar-refractivity contribution is 0.261. The zero-order valence-electron chi connectivity index (χ0n) is 8.96. The van der Waals surface area contributed by atoms with Crippen molar-refractivity contribution in [2.45, 2.75) is 6.04 Å². The van der Waals surface area contributed by atoms with Gasteiger partial charge in [0.25, 0.3) is 0 Å². The lowest BCUT2D eigenvalue weighted by Crippen LogP contribution is -2.17. The zero-order chi connectivity index (χ0) is 12.3. The predicted molar refractivity (Wildman–Crippen MR) is 61.2 cm³/mol. The fourth-order valence-corrected chi connectivity index (χ4v) is 2.10. The maximum absolute atomic E-state index is 13.5. The van der Waals surface area contributed by atoms with Gasteiger partial charge in [-0.05, 0) is 6.07 Å². The zero-order valence-corrected chi connectivity index (χ0v) is 10.5. The first-order chi connectivity index (χ1) is 7.56. The molecular formula is C10H13BrFNO3. The van der Waals surface area contributed by atoms with Crippen LogP contribution in [0.4, 0.5) is 4.39 Å². The first-order valence-corrected chi connectivity index (χ1v) is 5.32. The Balaban J connectivity index is 3.45. The van der Waals surface area contributed by atoms with Gasteiger partial charge in [-0.1, -0.05) is 15.9 Å². The van der Waals surface area contributed by atoms with Gasteiger partial charge >= 0.3 is 0 Å². The van der Waals surface area contributed by atoms with E-state index in [4.69, 9.17) is 20.3 Å². The van der Waals surface area contributed by atoms with Crippen molar-refractivity contribution in [3.05, 3.63) is 21.9 Å². The molecule has 0 spiro atoms. The Morgan fingerprint density at radius 1 is 1.44 bits per heavy atom. The standard InChI is InChI=1S/C10H13BrFNO3/c1-15-9-6(12)3-5(11)8(7(13)4-14)10(9)16-2/h3,7,14H,4,13H2,1-2H3. The molecule has 1 aromatic carbocycles. The summed E-state index contributed by atoms with van der Waals surface area (Å²) in [5.41, 5.74) is 6.18. The molecule has 0 aliphatic heterocycles. The van der Waals surface area contributed by atoms with E-state index in [0.717, 1.165) is 0 Å². The van der Waals surface area contributed by atoms with Crippen molar-refractivity contribution >= 4 is 15.9 Å². The maximum Gasteiger partial charge on any atom is 0.197 e. The highest BCUT2D eigenvalue weighted by atomic mass is 79.9. The third-order valence-corrected chi connectivity index (χ3v) is 2.81. The maximum atomic E-state index is 13.5. The molecule has 1 rings (SSSR count). The molecule has 3 N–H and O–H groups in total. The number of hydrogen-bond donors (Lipinski definition) is 2. The van der Waals surface area contributed by atoms with Crippen molar-refractivity contribution in [3.63, 3.8) is 0 Å². The average molecular weight is 294 g/mol. The van der Waals surface area contributed by atoms with Gasteiger partial charge in [0.15, 0.2) is 17.3 Å². The SMILES string of the molecule is COc1c(F)cc(Br)c(C(N)CO)c1OC. The number of benzene rings is 1. The first-order valence-electron chi connectivity index (χ1n) is 4.53. The lowest BCUT2D eigenvalue weighted by atomic mass is 10.1. The number of nitrogens with two attached hydrogens (primary N) is 1. The number of aliphatic hydroxyl groups is 1. The summed E-state index contributed by atoms with van der Waals surface area (Å²) in [6.07, 6.45) is 0. The first kappa shape index (κ1) is 13.2. The molecular weight excluding hydrogens is 281 g/mol. The Morgan fingerprint density at radius 3 is 2.44 bits per heavy atom. The van der Waals surface area contributed by atoms with Crippen LogP contribution < -0.4 is 15.2 Å². The van der Waals surface area contributed by atoms with Crippen LogP contribution in [0.2, 0.25) is 0 Å². The molecule has 4 nitrogen and oxygen atoms in total. The summed E-state index contributed by atoms with van der Waals surface area (Å²) in [6, 6.07) is 0.561. The van der Waals surface area contributed by atoms with E-state index in [-0.39, 0.29) is 18.1 Å². The van der Waals surface area contributed by atoms with E-state index in [9.17, 15) is 4.39 Å². The number of aliphatic hydroxyl groups excluding tert-OH is 1. The molecule has 0 aliphatic rings. The Labute approximate surface area is 101 Å². The smallest absolute Gasteiger partial charge is 0.197 e. The topological polar surface area (TPSA) is 64.7 Å². The quantitative estimate of drug-likeness (QED) is 0.885. The van der Waals surface area contributed by atoms with Crippen LogP contribution in [0.25, 0.3) is 0 Å². The van der Waals surface area contributed by atoms with Gasteiger partial charge in [-0.15, -0.1) is 0 Å². The van der Waals surface area contributed by atoms with Crippen molar-refractivity contribution in [2.24, 2.45) is 5.73 Å². The van der Waals surface area contributed by atoms with E-state index in [1.54, 1.807) is 0 Å². The van der Waals surface area contributed by atoms with E-state index >= 15 is 0 Å². The molecule has 0 aromatic heterocycles. The summed E-state index contributed by atoms with van der Waals surface area (Å²) >= 11 is 3.18. The molecule has 0 aliphatic carbocycles. The summed E-state index contributed by atoms with van der Waals surface area (Å²) in [4.78, 5) is 0. The number of hydrogen-bond acceptors (Lipinski definition) is 4. The molecule has 0 radical (unpaired) electrons. The molecule has 1 atom stereocenters.